The van der Waals surface area contributed by atoms with Crippen molar-refractivity contribution in [2.24, 2.45) is 0 Å². The molecule has 5 rings (SSSR count). The summed E-state index contributed by atoms with van der Waals surface area (Å²) in [6.45, 7) is 12.5. The molecule has 0 saturated carbocycles. The predicted octanol–water partition coefficient (Wildman–Crippen LogP) is 7.12. The van der Waals surface area contributed by atoms with E-state index in [-0.39, 0.29) is 0 Å². The Labute approximate surface area is 214 Å². The lowest BCUT2D eigenvalue weighted by molar-refractivity contribution is 0.112. The Balaban J connectivity index is 1.14. The van der Waals surface area contributed by atoms with Gasteiger partial charge < -0.3 is 14.2 Å². The first-order chi connectivity index (χ1) is 17.7. The third-order valence-corrected chi connectivity index (χ3v) is 6.80. The molecule has 0 bridgehead atoms. The summed E-state index contributed by atoms with van der Waals surface area (Å²) in [5, 5.41) is 0. The van der Waals surface area contributed by atoms with Crippen molar-refractivity contribution in [2.75, 3.05) is 26.4 Å². The molecule has 0 N–H and O–H groups in total. The highest BCUT2D eigenvalue weighted by atomic mass is 16.6. The van der Waals surface area contributed by atoms with Crippen LogP contribution < -0.4 is 4.74 Å². The maximum atomic E-state index is 7.07. The summed E-state index contributed by atoms with van der Waals surface area (Å²) in [5.41, 5.74) is 7.76. The summed E-state index contributed by atoms with van der Waals surface area (Å²) in [6, 6.07) is 20.4. The molecule has 1 heterocycles. The lowest BCUT2D eigenvalue weighted by atomic mass is 9.98. The Morgan fingerprint density at radius 1 is 0.861 bits per heavy atom. The molecule has 1 saturated heterocycles. The second-order valence-electron chi connectivity index (χ2n) is 9.47. The van der Waals surface area contributed by atoms with E-state index in [4.69, 9.17) is 20.8 Å². The fourth-order valence-electron chi connectivity index (χ4n) is 4.64. The Hall–Kier alpha value is -3.57. The van der Waals surface area contributed by atoms with Crippen LogP contribution in [-0.4, -0.2) is 32.5 Å². The molecule has 0 radical (unpaired) electrons. The lowest BCUT2D eigenvalue weighted by Gasteiger charge is -2.10. The number of unbranched alkanes of at least 4 members (excludes halogenated alkanes) is 3. The van der Waals surface area contributed by atoms with Crippen molar-refractivity contribution in [3.63, 3.8) is 0 Å². The third-order valence-electron chi connectivity index (χ3n) is 6.80. The molecule has 2 atom stereocenters. The Morgan fingerprint density at radius 2 is 1.53 bits per heavy atom. The van der Waals surface area contributed by atoms with Crippen LogP contribution in [0.15, 0.2) is 60.7 Å². The van der Waals surface area contributed by atoms with Crippen molar-refractivity contribution in [1.82, 2.24) is 0 Å². The zero-order chi connectivity index (χ0) is 24.7. The van der Waals surface area contributed by atoms with Crippen molar-refractivity contribution >= 4 is 5.69 Å². The normalized spacial score (nSPS) is 16.9. The average Bonchev–Trinajstić information content (AvgIpc) is 3.71. The molecule has 0 amide bonds. The predicted molar refractivity (Wildman–Crippen MR) is 143 cm³/mol. The molecule has 0 aromatic heterocycles. The summed E-state index contributed by atoms with van der Waals surface area (Å²) in [6.07, 6.45) is 4.84. The standard InChI is InChI=1S/C32H31NO3/c1-23-31-19-25(8-7-24-9-12-26(33-2)13-10-24)11-15-29(31)30-16-14-27(20-32(23)30)35-18-6-4-3-5-17-34-21-28-22-36-28/h9-16,19-20,23,28H,3-6,17-18,21-22H2,1H3. The van der Waals surface area contributed by atoms with Gasteiger partial charge in [0, 0.05) is 23.7 Å². The summed E-state index contributed by atoms with van der Waals surface area (Å²) >= 11 is 0. The van der Waals surface area contributed by atoms with E-state index in [2.05, 4.69) is 60.0 Å². The van der Waals surface area contributed by atoms with Gasteiger partial charge in [-0.2, -0.15) is 0 Å². The number of hydrogen-bond acceptors (Lipinski definition) is 3. The molecule has 36 heavy (non-hydrogen) atoms. The van der Waals surface area contributed by atoms with Crippen LogP contribution in [0.4, 0.5) is 5.69 Å². The monoisotopic (exact) mass is 477 g/mol. The van der Waals surface area contributed by atoms with Crippen molar-refractivity contribution in [1.29, 1.82) is 0 Å². The van der Waals surface area contributed by atoms with Gasteiger partial charge in [0.15, 0.2) is 5.69 Å². The van der Waals surface area contributed by atoms with Crippen LogP contribution in [0.5, 0.6) is 5.75 Å². The van der Waals surface area contributed by atoms with Crippen LogP contribution in [-0.2, 0) is 9.47 Å². The van der Waals surface area contributed by atoms with Gasteiger partial charge in [-0.25, -0.2) is 4.85 Å². The minimum Gasteiger partial charge on any atom is -0.494 e. The Bertz CT molecular complexity index is 1310. The van der Waals surface area contributed by atoms with Gasteiger partial charge in [0.05, 0.1) is 26.4 Å². The van der Waals surface area contributed by atoms with E-state index < -0.39 is 0 Å². The first-order valence-electron chi connectivity index (χ1n) is 12.8. The summed E-state index contributed by atoms with van der Waals surface area (Å²) in [5.74, 6) is 7.76. The quantitative estimate of drug-likeness (QED) is 0.135. The van der Waals surface area contributed by atoms with Crippen molar-refractivity contribution in [3.8, 4) is 28.7 Å². The summed E-state index contributed by atoms with van der Waals surface area (Å²) in [7, 11) is 0. The van der Waals surface area contributed by atoms with E-state index in [1.165, 1.54) is 28.7 Å². The maximum Gasteiger partial charge on any atom is 0.187 e. The van der Waals surface area contributed by atoms with Gasteiger partial charge in [0.1, 0.15) is 11.9 Å². The highest BCUT2D eigenvalue weighted by Gasteiger charge is 2.26. The molecule has 4 heteroatoms. The first kappa shape index (κ1) is 24.1. The van der Waals surface area contributed by atoms with Gasteiger partial charge in [-0.15, -0.1) is 0 Å². The molecule has 4 nitrogen and oxygen atoms in total. The number of ether oxygens (including phenoxy) is 3. The molecule has 1 aliphatic heterocycles. The van der Waals surface area contributed by atoms with Crippen LogP contribution in [0, 0.1) is 18.4 Å². The number of hydrogen-bond donors (Lipinski definition) is 0. The zero-order valence-corrected chi connectivity index (χ0v) is 20.8. The molecule has 0 spiro atoms. The highest BCUT2D eigenvalue weighted by molar-refractivity contribution is 5.80. The molecule has 182 valence electrons. The highest BCUT2D eigenvalue weighted by Crippen LogP contribution is 2.46. The molecule has 2 unspecified atom stereocenters. The molecule has 3 aromatic rings. The molecule has 2 aliphatic rings. The topological polar surface area (TPSA) is 35.4 Å². The fourth-order valence-corrected chi connectivity index (χ4v) is 4.64. The SMILES string of the molecule is [C-]#[N+]c1ccc(C#Cc2ccc3c(c2)C(C)c2cc(OCCCCCCOCC4CO4)ccc2-3)cc1. The van der Waals surface area contributed by atoms with Crippen LogP contribution in [0.2, 0.25) is 0 Å². The average molecular weight is 478 g/mol. The van der Waals surface area contributed by atoms with E-state index in [9.17, 15) is 0 Å². The number of fused-ring (bicyclic) bond motifs is 3. The first-order valence-corrected chi connectivity index (χ1v) is 12.8. The van der Waals surface area contributed by atoms with E-state index in [0.717, 1.165) is 62.6 Å². The largest absolute Gasteiger partial charge is 0.494 e. The van der Waals surface area contributed by atoms with Gasteiger partial charge in [-0.1, -0.05) is 61.6 Å². The summed E-state index contributed by atoms with van der Waals surface area (Å²) < 4.78 is 16.8. The number of nitrogens with zero attached hydrogens (tertiary/aromatic N) is 1. The molecular formula is C32H31NO3. The smallest absolute Gasteiger partial charge is 0.187 e. The van der Waals surface area contributed by atoms with Gasteiger partial charge in [0.2, 0.25) is 0 Å². The number of epoxide rings is 1. The number of benzene rings is 3. The maximum absolute atomic E-state index is 7.07. The van der Waals surface area contributed by atoms with Crippen molar-refractivity contribution in [2.45, 2.75) is 44.6 Å². The zero-order valence-electron chi connectivity index (χ0n) is 20.8. The number of rotatable bonds is 10. The summed E-state index contributed by atoms with van der Waals surface area (Å²) in [4.78, 5) is 3.43. The van der Waals surface area contributed by atoms with Crippen LogP contribution >= 0.6 is 0 Å². The third kappa shape index (κ3) is 5.97. The van der Waals surface area contributed by atoms with Crippen LogP contribution in [0.3, 0.4) is 0 Å². The van der Waals surface area contributed by atoms with E-state index in [1.807, 2.05) is 12.1 Å². The van der Waals surface area contributed by atoms with Gasteiger partial charge in [-0.05, 0) is 65.8 Å². The molecular weight excluding hydrogens is 446 g/mol. The Kier molecular flexibility index (Phi) is 7.67. The Morgan fingerprint density at radius 3 is 2.28 bits per heavy atom. The lowest BCUT2D eigenvalue weighted by Crippen LogP contribution is -2.03. The second kappa shape index (κ2) is 11.4. The van der Waals surface area contributed by atoms with E-state index in [0.29, 0.717) is 17.7 Å². The van der Waals surface area contributed by atoms with Crippen molar-refractivity contribution in [3.05, 3.63) is 94.3 Å². The second-order valence-corrected chi connectivity index (χ2v) is 9.47. The molecule has 3 aromatic carbocycles. The van der Waals surface area contributed by atoms with E-state index in [1.54, 1.807) is 12.1 Å². The van der Waals surface area contributed by atoms with Gasteiger partial charge >= 0.3 is 0 Å². The molecule has 1 aliphatic carbocycles. The van der Waals surface area contributed by atoms with E-state index >= 15 is 0 Å². The fraction of sp³-hybridized carbons (Fsp3) is 0.344. The van der Waals surface area contributed by atoms with Gasteiger partial charge in [-0.3, -0.25) is 0 Å². The van der Waals surface area contributed by atoms with Crippen LogP contribution in [0.1, 0.15) is 60.8 Å². The van der Waals surface area contributed by atoms with Gasteiger partial charge in [0.25, 0.3) is 0 Å². The minimum atomic E-state index is 0.305. The minimum absolute atomic E-state index is 0.305. The van der Waals surface area contributed by atoms with Crippen molar-refractivity contribution < 1.29 is 14.2 Å². The van der Waals surface area contributed by atoms with Crippen LogP contribution in [0.25, 0.3) is 16.0 Å². The molecule has 1 fully saturated rings.